The van der Waals surface area contributed by atoms with Crippen molar-refractivity contribution in [1.29, 1.82) is 0 Å². The van der Waals surface area contributed by atoms with E-state index in [9.17, 15) is 9.59 Å². The maximum absolute atomic E-state index is 13.1. The number of methoxy groups -OCH3 is 1. The number of nitrogens with zero attached hydrogens (tertiary/aromatic N) is 1. The zero-order chi connectivity index (χ0) is 22.0. The lowest BCUT2D eigenvalue weighted by Gasteiger charge is -2.06. The Hall–Kier alpha value is -3.28. The minimum atomic E-state index is -0.764. The molecule has 0 radical (unpaired) electrons. The number of benzene rings is 3. The molecule has 31 heavy (non-hydrogen) atoms. The molecule has 0 aliphatic carbocycles. The zero-order valence-electron chi connectivity index (χ0n) is 16.6. The number of carbonyl (C=O) groups is 2. The number of hydrogen-bond acceptors (Lipinski definition) is 3. The van der Waals surface area contributed by atoms with E-state index in [0.717, 1.165) is 11.1 Å². The van der Waals surface area contributed by atoms with Crippen molar-refractivity contribution in [2.45, 2.75) is 6.54 Å². The highest BCUT2D eigenvalue weighted by molar-refractivity contribution is 6.48. The summed E-state index contributed by atoms with van der Waals surface area (Å²) in [5.41, 5.74) is 2.59. The highest BCUT2D eigenvalue weighted by Gasteiger charge is 2.22. The Kier molecular flexibility index (Phi) is 5.98. The van der Waals surface area contributed by atoms with Crippen molar-refractivity contribution in [1.82, 2.24) is 4.57 Å². The number of aromatic nitrogens is 1. The summed E-state index contributed by atoms with van der Waals surface area (Å²) in [6.07, 6.45) is 1.70. The van der Waals surface area contributed by atoms with Gasteiger partial charge in [0.05, 0.1) is 22.7 Å². The van der Waals surface area contributed by atoms with Crippen LogP contribution < -0.4 is 10.1 Å². The van der Waals surface area contributed by atoms with E-state index in [1.807, 2.05) is 47.0 Å². The Balaban J connectivity index is 1.70. The SMILES string of the molecule is COc1ccc2c(c1)c(C(=O)C(=O)Nc1ccc(Cl)c(Cl)c1)cn2Cc1ccccc1. The van der Waals surface area contributed by atoms with Gasteiger partial charge in [-0.1, -0.05) is 53.5 Å². The van der Waals surface area contributed by atoms with Crippen LogP contribution in [0.15, 0.2) is 72.9 Å². The summed E-state index contributed by atoms with van der Waals surface area (Å²) in [4.78, 5) is 25.8. The fraction of sp³-hybridized carbons (Fsp3) is 0.0833. The van der Waals surface area contributed by atoms with Crippen molar-refractivity contribution in [3.63, 3.8) is 0 Å². The van der Waals surface area contributed by atoms with Crippen LogP contribution in [0, 0.1) is 0 Å². The quantitative estimate of drug-likeness (QED) is 0.295. The van der Waals surface area contributed by atoms with Crippen molar-refractivity contribution in [3.05, 3.63) is 94.1 Å². The molecule has 5 nitrogen and oxygen atoms in total. The number of nitrogens with one attached hydrogen (secondary N) is 1. The van der Waals surface area contributed by atoms with Crippen molar-refractivity contribution in [2.24, 2.45) is 0 Å². The normalized spacial score (nSPS) is 10.8. The van der Waals surface area contributed by atoms with Crippen LogP contribution in [-0.2, 0) is 11.3 Å². The van der Waals surface area contributed by atoms with Crippen LogP contribution in [-0.4, -0.2) is 23.4 Å². The first-order valence-electron chi connectivity index (χ1n) is 9.48. The van der Waals surface area contributed by atoms with Gasteiger partial charge in [-0.3, -0.25) is 9.59 Å². The van der Waals surface area contributed by atoms with Gasteiger partial charge in [0.1, 0.15) is 5.75 Å². The number of Topliss-reactive ketones (excluding diaryl/α,β-unsaturated/α-hetero) is 1. The third-order valence-corrected chi connectivity index (χ3v) is 5.65. The first-order valence-corrected chi connectivity index (χ1v) is 10.2. The molecule has 1 amide bonds. The van der Waals surface area contributed by atoms with Gasteiger partial charge < -0.3 is 14.6 Å². The maximum Gasteiger partial charge on any atom is 0.296 e. The highest BCUT2D eigenvalue weighted by Crippen LogP contribution is 2.28. The average molecular weight is 453 g/mol. The Morgan fingerprint density at radius 1 is 0.968 bits per heavy atom. The topological polar surface area (TPSA) is 60.3 Å². The summed E-state index contributed by atoms with van der Waals surface area (Å²) in [7, 11) is 1.56. The number of anilines is 1. The molecule has 0 spiro atoms. The molecule has 4 rings (SSSR count). The van der Waals surface area contributed by atoms with Crippen LogP contribution in [0.4, 0.5) is 5.69 Å². The number of ether oxygens (including phenoxy) is 1. The lowest BCUT2D eigenvalue weighted by Crippen LogP contribution is -2.22. The third-order valence-electron chi connectivity index (χ3n) is 4.91. The first kappa shape index (κ1) is 21.0. The van der Waals surface area contributed by atoms with Gasteiger partial charge in [-0.05, 0) is 42.0 Å². The second-order valence-corrected chi connectivity index (χ2v) is 7.77. The number of hydrogen-bond donors (Lipinski definition) is 1. The standard InChI is InChI=1S/C24H18Cl2N2O3/c1-31-17-8-10-22-18(12-17)19(14-28(22)13-15-5-3-2-4-6-15)23(29)24(30)27-16-7-9-20(25)21(26)11-16/h2-12,14H,13H2,1H3,(H,27,30). The van der Waals surface area contributed by atoms with Crippen molar-refractivity contribution in [3.8, 4) is 5.75 Å². The molecule has 0 atom stereocenters. The lowest BCUT2D eigenvalue weighted by atomic mass is 10.1. The predicted molar refractivity (Wildman–Crippen MR) is 123 cm³/mol. The predicted octanol–water partition coefficient (Wildman–Crippen LogP) is 5.83. The van der Waals surface area contributed by atoms with Crippen LogP contribution in [0.25, 0.3) is 10.9 Å². The van der Waals surface area contributed by atoms with Gasteiger partial charge in [-0.2, -0.15) is 0 Å². The molecular formula is C24H18Cl2N2O3. The number of rotatable bonds is 6. The summed E-state index contributed by atoms with van der Waals surface area (Å²) in [5.74, 6) is -0.819. The van der Waals surface area contributed by atoms with Crippen LogP contribution in [0.2, 0.25) is 10.0 Å². The molecular weight excluding hydrogens is 435 g/mol. The van der Waals surface area contributed by atoms with Crippen molar-refractivity contribution in [2.75, 3.05) is 12.4 Å². The van der Waals surface area contributed by atoms with Crippen LogP contribution in [0.1, 0.15) is 15.9 Å². The summed E-state index contributed by atoms with van der Waals surface area (Å²) >= 11 is 11.9. The highest BCUT2D eigenvalue weighted by atomic mass is 35.5. The number of amides is 1. The Bertz CT molecular complexity index is 1280. The van der Waals surface area contributed by atoms with Crippen LogP contribution in [0.3, 0.4) is 0 Å². The van der Waals surface area contributed by atoms with E-state index in [1.165, 1.54) is 6.07 Å². The summed E-state index contributed by atoms with van der Waals surface area (Å²) in [6, 6.07) is 20.0. The molecule has 3 aromatic carbocycles. The fourth-order valence-electron chi connectivity index (χ4n) is 3.38. The molecule has 0 fully saturated rings. The summed E-state index contributed by atoms with van der Waals surface area (Å²) < 4.78 is 7.26. The smallest absolute Gasteiger partial charge is 0.296 e. The Morgan fingerprint density at radius 2 is 1.74 bits per heavy atom. The molecule has 0 saturated heterocycles. The van der Waals surface area contributed by atoms with Crippen molar-refractivity contribution >= 4 is 51.5 Å². The van der Waals surface area contributed by atoms with Crippen LogP contribution >= 0.6 is 23.2 Å². The van der Waals surface area contributed by atoms with E-state index in [0.29, 0.717) is 34.0 Å². The summed E-state index contributed by atoms with van der Waals surface area (Å²) in [6.45, 7) is 0.561. The van der Waals surface area contributed by atoms with Gasteiger partial charge in [0.15, 0.2) is 0 Å². The van der Waals surface area contributed by atoms with E-state index >= 15 is 0 Å². The molecule has 0 aliphatic rings. The molecule has 156 valence electrons. The van der Waals surface area contributed by atoms with Crippen molar-refractivity contribution < 1.29 is 14.3 Å². The van der Waals surface area contributed by atoms with Gasteiger partial charge in [0.25, 0.3) is 11.7 Å². The van der Waals surface area contributed by atoms with Gasteiger partial charge in [-0.15, -0.1) is 0 Å². The largest absolute Gasteiger partial charge is 0.497 e. The number of halogens is 2. The zero-order valence-corrected chi connectivity index (χ0v) is 18.1. The molecule has 1 heterocycles. The molecule has 0 unspecified atom stereocenters. The summed E-state index contributed by atoms with van der Waals surface area (Å²) in [5, 5.41) is 3.88. The average Bonchev–Trinajstić information content (AvgIpc) is 3.13. The fourth-order valence-corrected chi connectivity index (χ4v) is 3.68. The van der Waals surface area contributed by atoms with Gasteiger partial charge in [0.2, 0.25) is 0 Å². The minimum absolute atomic E-state index is 0.288. The van der Waals surface area contributed by atoms with Gasteiger partial charge >= 0.3 is 0 Å². The Morgan fingerprint density at radius 3 is 2.45 bits per heavy atom. The molecule has 0 saturated carbocycles. The lowest BCUT2D eigenvalue weighted by molar-refractivity contribution is -0.112. The number of fused-ring (bicyclic) bond motifs is 1. The molecule has 7 heteroatoms. The molecule has 0 aliphatic heterocycles. The van der Waals surface area contributed by atoms with Crippen LogP contribution in [0.5, 0.6) is 5.75 Å². The molecule has 1 N–H and O–H groups in total. The molecule has 0 bridgehead atoms. The number of carbonyl (C=O) groups excluding carboxylic acids is 2. The van der Waals surface area contributed by atoms with E-state index in [4.69, 9.17) is 27.9 Å². The second kappa shape index (κ2) is 8.84. The minimum Gasteiger partial charge on any atom is -0.497 e. The maximum atomic E-state index is 13.1. The molecule has 1 aromatic heterocycles. The van der Waals surface area contributed by atoms with E-state index < -0.39 is 11.7 Å². The molecule has 4 aromatic rings. The first-order chi connectivity index (χ1) is 15.0. The van der Waals surface area contributed by atoms with Gasteiger partial charge in [0, 0.05) is 29.3 Å². The third kappa shape index (κ3) is 4.43. The van der Waals surface area contributed by atoms with Gasteiger partial charge in [-0.25, -0.2) is 0 Å². The van der Waals surface area contributed by atoms with E-state index in [-0.39, 0.29) is 5.02 Å². The Labute approximate surface area is 189 Å². The van der Waals surface area contributed by atoms with E-state index in [2.05, 4.69) is 5.32 Å². The number of ketones is 1. The monoisotopic (exact) mass is 452 g/mol. The second-order valence-electron chi connectivity index (χ2n) is 6.95. The van der Waals surface area contributed by atoms with E-state index in [1.54, 1.807) is 31.5 Å².